The monoisotopic (exact) mass is 369 g/mol. The molecule has 1 amide bonds. The third kappa shape index (κ3) is 3.52. The smallest absolute Gasteiger partial charge is 0.259 e. The molecule has 134 valence electrons. The number of para-hydroxylation sites is 1. The average molecular weight is 369 g/mol. The van der Waals surface area contributed by atoms with Crippen molar-refractivity contribution < 1.29 is 13.2 Å². The van der Waals surface area contributed by atoms with Gasteiger partial charge in [-0.2, -0.15) is 5.10 Å². The van der Waals surface area contributed by atoms with Crippen molar-refractivity contribution in [3.8, 4) is 5.69 Å². The fraction of sp³-hybridized carbons (Fsp3) is 0.158. The summed E-state index contributed by atoms with van der Waals surface area (Å²) in [5.41, 5.74) is 3.26. The first kappa shape index (κ1) is 17.9. The standard InChI is InChI=1S/C19H19N3O3S/c1-13-7-6-8-15(11-13)22-14(2)16(12-20-22)19(23)21-17-9-4-5-10-18(17)26(3,24)25/h4-12H,1-3H3,(H,21,23). The maximum absolute atomic E-state index is 12.7. The molecular weight excluding hydrogens is 350 g/mol. The van der Waals surface area contributed by atoms with Crippen LogP contribution < -0.4 is 5.32 Å². The first-order chi connectivity index (χ1) is 12.3. The summed E-state index contributed by atoms with van der Waals surface area (Å²) < 4.78 is 25.5. The number of benzene rings is 2. The molecule has 0 saturated heterocycles. The molecule has 0 spiro atoms. The third-order valence-electron chi connectivity index (χ3n) is 4.04. The van der Waals surface area contributed by atoms with Crippen LogP contribution in [0.3, 0.4) is 0 Å². The highest BCUT2D eigenvalue weighted by Gasteiger charge is 2.19. The summed E-state index contributed by atoms with van der Waals surface area (Å²) >= 11 is 0. The van der Waals surface area contributed by atoms with E-state index in [1.807, 2.05) is 31.2 Å². The number of nitrogens with one attached hydrogen (secondary N) is 1. The molecule has 26 heavy (non-hydrogen) atoms. The Balaban J connectivity index is 1.94. The van der Waals surface area contributed by atoms with Crippen LogP contribution in [0.1, 0.15) is 21.6 Å². The van der Waals surface area contributed by atoms with Crippen LogP contribution in [0.4, 0.5) is 5.69 Å². The molecule has 0 aliphatic carbocycles. The molecule has 0 radical (unpaired) electrons. The number of carbonyl (C=O) groups excluding carboxylic acids is 1. The number of hydrogen-bond donors (Lipinski definition) is 1. The van der Waals surface area contributed by atoms with Gasteiger partial charge in [0.15, 0.2) is 9.84 Å². The lowest BCUT2D eigenvalue weighted by Gasteiger charge is -2.10. The summed E-state index contributed by atoms with van der Waals surface area (Å²) in [6.45, 7) is 3.78. The zero-order valence-electron chi connectivity index (χ0n) is 14.7. The summed E-state index contributed by atoms with van der Waals surface area (Å²) in [7, 11) is -3.45. The van der Waals surface area contributed by atoms with Crippen LogP contribution in [0, 0.1) is 13.8 Å². The van der Waals surface area contributed by atoms with Gasteiger partial charge in [0.1, 0.15) is 0 Å². The minimum absolute atomic E-state index is 0.0806. The van der Waals surface area contributed by atoms with E-state index in [0.717, 1.165) is 17.5 Å². The van der Waals surface area contributed by atoms with E-state index < -0.39 is 15.7 Å². The number of anilines is 1. The number of sulfone groups is 1. The zero-order chi connectivity index (χ0) is 18.9. The van der Waals surface area contributed by atoms with Crippen molar-refractivity contribution >= 4 is 21.4 Å². The second-order valence-electron chi connectivity index (χ2n) is 6.12. The maximum atomic E-state index is 12.7. The van der Waals surface area contributed by atoms with Crippen LogP contribution in [-0.2, 0) is 9.84 Å². The third-order valence-corrected chi connectivity index (χ3v) is 5.19. The Bertz CT molecular complexity index is 1080. The average Bonchev–Trinajstić information content (AvgIpc) is 2.96. The molecule has 0 bridgehead atoms. The first-order valence-corrected chi connectivity index (χ1v) is 9.88. The van der Waals surface area contributed by atoms with E-state index >= 15 is 0 Å². The molecule has 2 aromatic carbocycles. The fourth-order valence-corrected chi connectivity index (χ4v) is 3.58. The highest BCUT2D eigenvalue weighted by Crippen LogP contribution is 2.22. The predicted molar refractivity (Wildman–Crippen MR) is 101 cm³/mol. The molecule has 0 atom stereocenters. The van der Waals surface area contributed by atoms with Gasteiger partial charge >= 0.3 is 0 Å². The van der Waals surface area contributed by atoms with E-state index in [9.17, 15) is 13.2 Å². The van der Waals surface area contributed by atoms with Gasteiger partial charge in [0.25, 0.3) is 5.91 Å². The quantitative estimate of drug-likeness (QED) is 0.766. The van der Waals surface area contributed by atoms with E-state index in [-0.39, 0.29) is 10.6 Å². The van der Waals surface area contributed by atoms with E-state index in [1.165, 1.54) is 12.3 Å². The van der Waals surface area contributed by atoms with Crippen molar-refractivity contribution in [1.29, 1.82) is 0 Å². The molecule has 1 heterocycles. The van der Waals surface area contributed by atoms with E-state index in [0.29, 0.717) is 11.3 Å². The van der Waals surface area contributed by atoms with Crippen molar-refractivity contribution in [1.82, 2.24) is 9.78 Å². The van der Waals surface area contributed by atoms with Gasteiger partial charge in [-0.25, -0.2) is 13.1 Å². The van der Waals surface area contributed by atoms with Crippen LogP contribution in [0.2, 0.25) is 0 Å². The number of nitrogens with zero attached hydrogens (tertiary/aromatic N) is 2. The highest BCUT2D eigenvalue weighted by atomic mass is 32.2. The van der Waals surface area contributed by atoms with Crippen molar-refractivity contribution in [2.24, 2.45) is 0 Å². The Morgan fingerprint density at radius 2 is 1.81 bits per heavy atom. The van der Waals surface area contributed by atoms with Crippen molar-refractivity contribution in [2.45, 2.75) is 18.7 Å². The molecule has 0 fully saturated rings. The Kier molecular flexibility index (Phi) is 4.65. The van der Waals surface area contributed by atoms with Crippen molar-refractivity contribution in [3.05, 3.63) is 71.5 Å². The number of rotatable bonds is 4. The molecule has 0 unspecified atom stereocenters. The fourth-order valence-electron chi connectivity index (χ4n) is 2.74. The minimum atomic E-state index is -3.45. The molecule has 1 aromatic heterocycles. The van der Waals surface area contributed by atoms with Gasteiger partial charge in [-0.05, 0) is 43.7 Å². The summed E-state index contributed by atoms with van der Waals surface area (Å²) in [4.78, 5) is 12.7. The van der Waals surface area contributed by atoms with Crippen LogP contribution in [-0.4, -0.2) is 30.4 Å². The predicted octanol–water partition coefficient (Wildman–Crippen LogP) is 3.14. The van der Waals surface area contributed by atoms with Gasteiger partial charge in [0, 0.05) is 6.26 Å². The Hall–Kier alpha value is -2.93. The number of amides is 1. The Morgan fingerprint density at radius 3 is 2.50 bits per heavy atom. The number of aryl methyl sites for hydroxylation is 1. The molecule has 6 nitrogen and oxygen atoms in total. The lowest BCUT2D eigenvalue weighted by atomic mass is 10.2. The van der Waals surface area contributed by atoms with Crippen LogP contribution in [0.5, 0.6) is 0 Å². The van der Waals surface area contributed by atoms with Crippen molar-refractivity contribution in [2.75, 3.05) is 11.6 Å². The SMILES string of the molecule is Cc1cccc(-n2ncc(C(=O)Nc3ccccc3S(C)(=O)=O)c2C)c1. The lowest BCUT2D eigenvalue weighted by Crippen LogP contribution is -2.15. The van der Waals surface area contributed by atoms with E-state index in [2.05, 4.69) is 10.4 Å². The molecule has 1 N–H and O–H groups in total. The topological polar surface area (TPSA) is 81.1 Å². The molecular formula is C19H19N3O3S. The molecule has 3 rings (SSSR count). The van der Waals surface area contributed by atoms with Crippen LogP contribution in [0.15, 0.2) is 59.6 Å². The van der Waals surface area contributed by atoms with Gasteiger partial charge in [0.2, 0.25) is 0 Å². The summed E-state index contributed by atoms with van der Waals surface area (Å²) in [5, 5.41) is 6.98. The van der Waals surface area contributed by atoms with Crippen LogP contribution >= 0.6 is 0 Å². The van der Waals surface area contributed by atoms with Gasteiger partial charge < -0.3 is 5.32 Å². The van der Waals surface area contributed by atoms with Gasteiger partial charge in [-0.15, -0.1) is 0 Å². The molecule has 0 aliphatic heterocycles. The van der Waals surface area contributed by atoms with Gasteiger partial charge in [0.05, 0.1) is 33.7 Å². The second-order valence-corrected chi connectivity index (χ2v) is 8.10. The maximum Gasteiger partial charge on any atom is 0.259 e. The molecule has 0 saturated carbocycles. The summed E-state index contributed by atoms with van der Waals surface area (Å²) in [6, 6.07) is 14.1. The summed E-state index contributed by atoms with van der Waals surface area (Å²) in [5.74, 6) is -0.405. The molecule has 7 heteroatoms. The number of carbonyl (C=O) groups is 1. The lowest BCUT2D eigenvalue weighted by molar-refractivity contribution is 0.102. The molecule has 0 aliphatic rings. The summed E-state index contributed by atoms with van der Waals surface area (Å²) in [6.07, 6.45) is 2.59. The molecule has 3 aromatic rings. The zero-order valence-corrected chi connectivity index (χ0v) is 15.5. The van der Waals surface area contributed by atoms with Gasteiger partial charge in [-0.1, -0.05) is 24.3 Å². The van der Waals surface area contributed by atoms with E-state index in [1.54, 1.807) is 29.8 Å². The normalized spacial score (nSPS) is 11.3. The largest absolute Gasteiger partial charge is 0.321 e. The van der Waals surface area contributed by atoms with Crippen LogP contribution in [0.25, 0.3) is 5.69 Å². The minimum Gasteiger partial charge on any atom is -0.321 e. The first-order valence-electron chi connectivity index (χ1n) is 7.99. The Labute approximate surface area is 152 Å². The Morgan fingerprint density at radius 1 is 1.08 bits per heavy atom. The second kappa shape index (κ2) is 6.76. The highest BCUT2D eigenvalue weighted by molar-refractivity contribution is 7.90. The van der Waals surface area contributed by atoms with E-state index in [4.69, 9.17) is 0 Å². The van der Waals surface area contributed by atoms with Gasteiger partial charge in [-0.3, -0.25) is 4.79 Å². The number of hydrogen-bond acceptors (Lipinski definition) is 4. The number of aromatic nitrogens is 2. The van der Waals surface area contributed by atoms with Crippen molar-refractivity contribution in [3.63, 3.8) is 0 Å².